The molecular weight excluding hydrogens is 270 g/mol. The van der Waals surface area contributed by atoms with Gasteiger partial charge in [0.2, 0.25) is 5.91 Å². The molecule has 0 saturated heterocycles. The molecule has 0 aliphatic rings. The Bertz CT molecular complexity index is 475. The number of aliphatic hydroxyl groups is 2. The summed E-state index contributed by atoms with van der Waals surface area (Å²) in [7, 11) is 0. The van der Waals surface area contributed by atoms with E-state index < -0.39 is 47.7 Å². The number of carbonyl (C=O) groups excluding carboxylic acids is 1. The summed E-state index contributed by atoms with van der Waals surface area (Å²) < 4.78 is 50.9. The SMILES string of the molecule is NC(=O)CC(O)C(O)c1cccc(C(F)(F)F)c1F. The molecule has 1 rings (SSSR count). The average Bonchev–Trinajstić information content (AvgIpc) is 2.25. The molecule has 0 bridgehead atoms. The van der Waals surface area contributed by atoms with Crippen LogP contribution in [0.1, 0.15) is 23.7 Å². The van der Waals surface area contributed by atoms with Gasteiger partial charge in [-0.3, -0.25) is 4.79 Å². The normalized spacial score (nSPS) is 15.1. The number of halogens is 4. The Balaban J connectivity index is 3.11. The Kier molecular flexibility index (Phi) is 4.48. The number of rotatable bonds is 4. The van der Waals surface area contributed by atoms with E-state index in [-0.39, 0.29) is 0 Å². The molecule has 0 aromatic heterocycles. The third kappa shape index (κ3) is 3.65. The lowest BCUT2D eigenvalue weighted by Crippen LogP contribution is -2.26. The fraction of sp³-hybridized carbons (Fsp3) is 0.364. The maximum absolute atomic E-state index is 13.6. The van der Waals surface area contributed by atoms with Crippen LogP contribution in [0.2, 0.25) is 0 Å². The van der Waals surface area contributed by atoms with E-state index in [0.717, 1.165) is 12.1 Å². The van der Waals surface area contributed by atoms with Gasteiger partial charge in [-0.25, -0.2) is 4.39 Å². The van der Waals surface area contributed by atoms with Crippen molar-refractivity contribution in [1.82, 2.24) is 0 Å². The summed E-state index contributed by atoms with van der Waals surface area (Å²) in [5, 5.41) is 18.9. The molecule has 0 aliphatic carbocycles. The van der Waals surface area contributed by atoms with E-state index in [2.05, 4.69) is 0 Å². The summed E-state index contributed by atoms with van der Waals surface area (Å²) in [5.41, 5.74) is 2.46. The van der Waals surface area contributed by atoms with Crippen molar-refractivity contribution in [2.75, 3.05) is 0 Å². The van der Waals surface area contributed by atoms with Gasteiger partial charge in [-0.15, -0.1) is 0 Å². The van der Waals surface area contributed by atoms with Crippen molar-refractivity contribution >= 4 is 5.91 Å². The smallest absolute Gasteiger partial charge is 0.390 e. The molecule has 1 aromatic carbocycles. The van der Waals surface area contributed by atoms with E-state index >= 15 is 0 Å². The van der Waals surface area contributed by atoms with Crippen LogP contribution in [0.5, 0.6) is 0 Å². The monoisotopic (exact) mass is 281 g/mol. The van der Waals surface area contributed by atoms with Crippen LogP contribution in [0.25, 0.3) is 0 Å². The van der Waals surface area contributed by atoms with Crippen LogP contribution in [0, 0.1) is 5.82 Å². The van der Waals surface area contributed by atoms with Gasteiger partial charge in [-0.1, -0.05) is 12.1 Å². The fourth-order valence-corrected chi connectivity index (χ4v) is 1.52. The molecule has 1 aromatic rings. The van der Waals surface area contributed by atoms with Crippen LogP contribution in [-0.2, 0) is 11.0 Å². The molecule has 19 heavy (non-hydrogen) atoms. The number of benzene rings is 1. The van der Waals surface area contributed by atoms with Crippen molar-refractivity contribution in [3.63, 3.8) is 0 Å². The molecule has 2 unspecified atom stereocenters. The highest BCUT2D eigenvalue weighted by Crippen LogP contribution is 2.34. The van der Waals surface area contributed by atoms with Crippen molar-refractivity contribution in [2.45, 2.75) is 24.8 Å². The first kappa shape index (κ1) is 15.4. The molecule has 106 valence electrons. The fourth-order valence-electron chi connectivity index (χ4n) is 1.52. The molecule has 0 saturated carbocycles. The van der Waals surface area contributed by atoms with Crippen molar-refractivity contribution in [1.29, 1.82) is 0 Å². The van der Waals surface area contributed by atoms with Gasteiger partial charge in [0.1, 0.15) is 11.9 Å². The standard InChI is InChI=1S/C11H11F4NO3/c12-9-5(10(19)7(17)4-8(16)18)2-1-3-6(9)11(13,14)15/h1-3,7,10,17,19H,4H2,(H2,16,18). The number of alkyl halides is 3. The maximum Gasteiger partial charge on any atom is 0.419 e. The van der Waals surface area contributed by atoms with E-state index in [1.165, 1.54) is 0 Å². The molecule has 4 nitrogen and oxygen atoms in total. The molecule has 4 N–H and O–H groups in total. The Hall–Kier alpha value is -1.67. The number of amides is 1. The van der Waals surface area contributed by atoms with E-state index in [1.807, 2.05) is 0 Å². The maximum atomic E-state index is 13.6. The zero-order valence-electron chi connectivity index (χ0n) is 9.49. The lowest BCUT2D eigenvalue weighted by atomic mass is 9.99. The molecule has 8 heteroatoms. The van der Waals surface area contributed by atoms with E-state index in [4.69, 9.17) is 5.73 Å². The van der Waals surface area contributed by atoms with Crippen molar-refractivity contribution in [3.05, 3.63) is 35.1 Å². The summed E-state index contributed by atoms with van der Waals surface area (Å²) >= 11 is 0. The third-order valence-electron chi connectivity index (χ3n) is 2.43. The van der Waals surface area contributed by atoms with Gasteiger partial charge in [0, 0.05) is 5.56 Å². The van der Waals surface area contributed by atoms with E-state index in [1.54, 1.807) is 0 Å². The Morgan fingerprint density at radius 2 is 1.89 bits per heavy atom. The molecule has 0 radical (unpaired) electrons. The summed E-state index contributed by atoms with van der Waals surface area (Å²) in [4.78, 5) is 10.5. The lowest BCUT2D eigenvalue weighted by molar-refractivity contribution is -0.140. The molecule has 0 heterocycles. The summed E-state index contributed by atoms with van der Waals surface area (Å²) in [6.45, 7) is 0. The van der Waals surface area contributed by atoms with E-state index in [0.29, 0.717) is 6.07 Å². The predicted molar refractivity (Wildman–Crippen MR) is 56.2 cm³/mol. The van der Waals surface area contributed by atoms with Crippen molar-refractivity contribution in [3.8, 4) is 0 Å². The first-order chi connectivity index (χ1) is 8.64. The highest BCUT2D eigenvalue weighted by Gasteiger charge is 2.36. The zero-order valence-corrected chi connectivity index (χ0v) is 9.49. The molecule has 0 fully saturated rings. The third-order valence-corrected chi connectivity index (χ3v) is 2.43. The minimum Gasteiger partial charge on any atom is -0.390 e. The highest BCUT2D eigenvalue weighted by molar-refractivity contribution is 5.74. The first-order valence-corrected chi connectivity index (χ1v) is 5.14. The summed E-state index contributed by atoms with van der Waals surface area (Å²) in [6, 6.07) is 2.28. The summed E-state index contributed by atoms with van der Waals surface area (Å²) in [5.74, 6) is -2.66. The molecule has 0 spiro atoms. The van der Waals surface area contributed by atoms with Crippen molar-refractivity contribution < 1.29 is 32.6 Å². The number of aliphatic hydroxyl groups excluding tert-OH is 2. The van der Waals surface area contributed by atoms with Gasteiger partial charge in [-0.05, 0) is 6.07 Å². The topological polar surface area (TPSA) is 83.6 Å². The number of nitrogens with two attached hydrogens (primary N) is 1. The van der Waals surface area contributed by atoms with Crippen LogP contribution in [0.15, 0.2) is 18.2 Å². The van der Waals surface area contributed by atoms with Crippen LogP contribution in [0.4, 0.5) is 17.6 Å². The van der Waals surface area contributed by atoms with Crippen LogP contribution < -0.4 is 5.73 Å². The van der Waals surface area contributed by atoms with Gasteiger partial charge < -0.3 is 15.9 Å². The second-order valence-corrected chi connectivity index (χ2v) is 3.89. The minimum atomic E-state index is -4.92. The predicted octanol–water partition coefficient (Wildman–Crippen LogP) is 1.11. The van der Waals surface area contributed by atoms with Crippen LogP contribution in [-0.4, -0.2) is 22.2 Å². The second-order valence-electron chi connectivity index (χ2n) is 3.89. The average molecular weight is 281 g/mol. The lowest BCUT2D eigenvalue weighted by Gasteiger charge is -2.19. The Morgan fingerprint density at radius 1 is 1.32 bits per heavy atom. The highest BCUT2D eigenvalue weighted by atomic mass is 19.4. The second kappa shape index (κ2) is 5.54. The quantitative estimate of drug-likeness (QED) is 0.723. The van der Waals surface area contributed by atoms with Crippen LogP contribution in [0.3, 0.4) is 0 Å². The molecule has 0 aliphatic heterocycles. The minimum absolute atomic E-state index is 0.506. The zero-order chi connectivity index (χ0) is 14.8. The number of hydrogen-bond donors (Lipinski definition) is 3. The van der Waals surface area contributed by atoms with Gasteiger partial charge in [-0.2, -0.15) is 13.2 Å². The largest absolute Gasteiger partial charge is 0.419 e. The first-order valence-electron chi connectivity index (χ1n) is 5.14. The van der Waals surface area contributed by atoms with E-state index in [9.17, 15) is 32.6 Å². The number of primary amides is 1. The summed E-state index contributed by atoms with van der Waals surface area (Å²) in [6.07, 6.45) is -9.38. The number of carbonyl (C=O) groups is 1. The van der Waals surface area contributed by atoms with Gasteiger partial charge in [0.25, 0.3) is 0 Å². The molecular formula is C11H11F4NO3. The number of hydrogen-bond acceptors (Lipinski definition) is 3. The Labute approximate surface area is 105 Å². The van der Waals surface area contributed by atoms with Crippen molar-refractivity contribution in [2.24, 2.45) is 5.73 Å². The van der Waals surface area contributed by atoms with Gasteiger partial charge >= 0.3 is 6.18 Å². The molecule has 1 amide bonds. The van der Waals surface area contributed by atoms with Crippen LogP contribution >= 0.6 is 0 Å². The van der Waals surface area contributed by atoms with Gasteiger partial charge in [0.15, 0.2) is 0 Å². The Morgan fingerprint density at radius 3 is 2.37 bits per heavy atom. The molecule has 2 atom stereocenters. The van der Waals surface area contributed by atoms with Gasteiger partial charge in [0.05, 0.1) is 18.1 Å².